The van der Waals surface area contributed by atoms with E-state index in [1.54, 1.807) is 11.7 Å². The van der Waals surface area contributed by atoms with Crippen LogP contribution in [0, 0.1) is 5.82 Å². The average molecular weight is 456 g/mol. The van der Waals surface area contributed by atoms with Gasteiger partial charge < -0.3 is 9.30 Å². The molecule has 2 aromatic heterocycles. The first kappa shape index (κ1) is 21.4. The van der Waals surface area contributed by atoms with Crippen molar-refractivity contribution in [1.82, 2.24) is 18.7 Å². The third-order valence-corrected chi connectivity index (χ3v) is 5.70. The topological polar surface area (TPSA) is 71.1 Å². The fraction of sp³-hybridized carbons (Fsp3) is 0.115. The molecule has 34 heavy (non-hydrogen) atoms. The molecule has 5 rings (SSSR count). The van der Waals surface area contributed by atoms with Gasteiger partial charge in [-0.1, -0.05) is 48.5 Å². The lowest BCUT2D eigenvalue weighted by molar-refractivity contribution is 0.408. The lowest BCUT2D eigenvalue weighted by Gasteiger charge is -2.14. The molecule has 5 aromatic rings. The van der Waals surface area contributed by atoms with E-state index < -0.39 is 17.1 Å². The largest absolute Gasteiger partial charge is 0.496 e. The minimum absolute atomic E-state index is 0.0927. The molecule has 0 aliphatic rings. The van der Waals surface area contributed by atoms with Crippen LogP contribution in [-0.2, 0) is 13.1 Å². The van der Waals surface area contributed by atoms with Crippen LogP contribution >= 0.6 is 0 Å². The number of benzene rings is 3. The molecule has 2 heterocycles. The molecule has 0 bridgehead atoms. The van der Waals surface area contributed by atoms with Crippen LogP contribution < -0.4 is 16.0 Å². The van der Waals surface area contributed by atoms with Crippen LogP contribution in [0.25, 0.3) is 16.9 Å². The van der Waals surface area contributed by atoms with E-state index in [-0.39, 0.29) is 17.7 Å². The molecule has 0 N–H and O–H groups in total. The first-order valence-corrected chi connectivity index (χ1v) is 10.7. The number of rotatable bonds is 6. The summed E-state index contributed by atoms with van der Waals surface area (Å²) in [4.78, 5) is 31.6. The van der Waals surface area contributed by atoms with Gasteiger partial charge in [0.05, 0.1) is 32.2 Å². The SMILES string of the molecule is COc1ccccc1Cn1cnc2c1c(=O)n(Cc1ccccc1)c(=O)n2-c1ccc(F)cc1. The van der Waals surface area contributed by atoms with Crippen molar-refractivity contribution in [2.45, 2.75) is 13.1 Å². The zero-order valence-electron chi connectivity index (χ0n) is 18.4. The van der Waals surface area contributed by atoms with E-state index in [4.69, 9.17) is 4.74 Å². The highest BCUT2D eigenvalue weighted by atomic mass is 19.1. The Morgan fingerprint density at radius 2 is 1.59 bits per heavy atom. The van der Waals surface area contributed by atoms with Crippen molar-refractivity contribution in [2.24, 2.45) is 0 Å². The zero-order valence-corrected chi connectivity index (χ0v) is 18.4. The molecule has 0 saturated carbocycles. The van der Waals surface area contributed by atoms with Gasteiger partial charge in [0.2, 0.25) is 0 Å². The first-order valence-electron chi connectivity index (χ1n) is 10.7. The minimum Gasteiger partial charge on any atom is -0.496 e. The molecule has 0 aliphatic heterocycles. The van der Waals surface area contributed by atoms with Crippen LogP contribution in [0.4, 0.5) is 4.39 Å². The van der Waals surface area contributed by atoms with Crippen LogP contribution in [0.3, 0.4) is 0 Å². The Morgan fingerprint density at radius 1 is 0.882 bits per heavy atom. The molecule has 170 valence electrons. The number of hydrogen-bond donors (Lipinski definition) is 0. The second kappa shape index (κ2) is 8.82. The van der Waals surface area contributed by atoms with Crippen LogP contribution in [0.2, 0.25) is 0 Å². The summed E-state index contributed by atoms with van der Waals surface area (Å²) in [5, 5.41) is 0. The van der Waals surface area contributed by atoms with Crippen molar-refractivity contribution >= 4 is 11.2 Å². The smallest absolute Gasteiger partial charge is 0.337 e. The molecule has 3 aromatic carbocycles. The van der Waals surface area contributed by atoms with E-state index in [2.05, 4.69) is 4.98 Å². The maximum atomic E-state index is 13.6. The highest BCUT2D eigenvalue weighted by Gasteiger charge is 2.20. The number of fused-ring (bicyclic) bond motifs is 1. The van der Waals surface area contributed by atoms with Gasteiger partial charge in [0.15, 0.2) is 11.2 Å². The number of halogens is 1. The summed E-state index contributed by atoms with van der Waals surface area (Å²) >= 11 is 0. The van der Waals surface area contributed by atoms with Crippen molar-refractivity contribution in [1.29, 1.82) is 0 Å². The van der Waals surface area contributed by atoms with E-state index in [0.717, 1.165) is 11.1 Å². The van der Waals surface area contributed by atoms with Crippen LogP contribution in [0.1, 0.15) is 11.1 Å². The van der Waals surface area contributed by atoms with Gasteiger partial charge in [-0.05, 0) is 35.9 Å². The Hall–Kier alpha value is -4.46. The van der Waals surface area contributed by atoms with Crippen molar-refractivity contribution in [3.8, 4) is 11.4 Å². The Kier molecular flexibility index (Phi) is 5.55. The molecule has 0 aliphatic carbocycles. The van der Waals surface area contributed by atoms with Gasteiger partial charge >= 0.3 is 5.69 Å². The van der Waals surface area contributed by atoms with Crippen molar-refractivity contribution in [3.05, 3.63) is 123 Å². The number of para-hydroxylation sites is 1. The van der Waals surface area contributed by atoms with Crippen molar-refractivity contribution in [2.75, 3.05) is 7.11 Å². The van der Waals surface area contributed by atoms with E-state index in [0.29, 0.717) is 18.0 Å². The third-order valence-electron chi connectivity index (χ3n) is 5.70. The molecule has 0 atom stereocenters. The standard InChI is InChI=1S/C26H21FN4O3/c1-34-22-10-6-5-9-19(22)16-29-17-28-24-23(29)25(32)30(15-18-7-3-2-4-8-18)26(33)31(24)21-13-11-20(27)12-14-21/h2-14,17H,15-16H2,1H3. The molecule has 0 fully saturated rings. The number of methoxy groups -OCH3 is 1. The fourth-order valence-corrected chi connectivity index (χ4v) is 4.05. The third kappa shape index (κ3) is 3.79. The molecule has 8 heteroatoms. The summed E-state index contributed by atoms with van der Waals surface area (Å²) < 4.78 is 23.3. The van der Waals surface area contributed by atoms with Crippen LogP contribution in [0.15, 0.2) is 94.8 Å². The van der Waals surface area contributed by atoms with Gasteiger partial charge in [0.25, 0.3) is 5.56 Å². The highest BCUT2D eigenvalue weighted by Crippen LogP contribution is 2.21. The van der Waals surface area contributed by atoms with Gasteiger partial charge in [-0.3, -0.25) is 9.36 Å². The molecule has 0 radical (unpaired) electrons. The normalized spacial score (nSPS) is 11.1. The van der Waals surface area contributed by atoms with Gasteiger partial charge in [-0.15, -0.1) is 0 Å². The Labute approximate surface area is 193 Å². The van der Waals surface area contributed by atoms with Gasteiger partial charge in [-0.25, -0.2) is 18.7 Å². The van der Waals surface area contributed by atoms with E-state index in [1.807, 2.05) is 54.6 Å². The van der Waals surface area contributed by atoms with E-state index in [9.17, 15) is 14.0 Å². The lowest BCUT2D eigenvalue weighted by atomic mass is 10.2. The monoisotopic (exact) mass is 456 g/mol. The molecule has 0 saturated heterocycles. The lowest BCUT2D eigenvalue weighted by Crippen LogP contribution is -2.40. The molecule has 0 amide bonds. The van der Waals surface area contributed by atoms with E-state index >= 15 is 0 Å². The molecule has 7 nitrogen and oxygen atoms in total. The summed E-state index contributed by atoms with van der Waals surface area (Å²) in [6, 6.07) is 22.3. The predicted molar refractivity (Wildman–Crippen MR) is 127 cm³/mol. The molecular weight excluding hydrogens is 435 g/mol. The fourth-order valence-electron chi connectivity index (χ4n) is 4.05. The second-order valence-electron chi connectivity index (χ2n) is 7.83. The second-order valence-corrected chi connectivity index (χ2v) is 7.83. The number of aromatic nitrogens is 4. The molecule has 0 unspecified atom stereocenters. The summed E-state index contributed by atoms with van der Waals surface area (Å²) in [6.07, 6.45) is 1.53. The summed E-state index contributed by atoms with van der Waals surface area (Å²) in [5.41, 5.74) is 1.57. The maximum absolute atomic E-state index is 13.6. The number of nitrogens with zero attached hydrogens (tertiary/aromatic N) is 4. The summed E-state index contributed by atoms with van der Waals surface area (Å²) in [7, 11) is 1.59. The minimum atomic E-state index is -0.546. The predicted octanol–water partition coefficient (Wildman–Crippen LogP) is 3.59. The maximum Gasteiger partial charge on any atom is 0.337 e. The van der Waals surface area contributed by atoms with Crippen molar-refractivity contribution in [3.63, 3.8) is 0 Å². The Balaban J connectivity index is 1.76. The highest BCUT2D eigenvalue weighted by molar-refractivity contribution is 5.72. The quantitative estimate of drug-likeness (QED) is 0.392. The van der Waals surface area contributed by atoms with Gasteiger partial charge in [-0.2, -0.15) is 0 Å². The van der Waals surface area contributed by atoms with Gasteiger partial charge in [0.1, 0.15) is 11.6 Å². The molecule has 0 spiro atoms. The number of imidazole rings is 1. The van der Waals surface area contributed by atoms with Crippen molar-refractivity contribution < 1.29 is 9.13 Å². The van der Waals surface area contributed by atoms with Gasteiger partial charge in [0, 0.05) is 5.56 Å². The summed E-state index contributed by atoms with van der Waals surface area (Å²) in [6.45, 7) is 0.415. The average Bonchev–Trinajstić information content (AvgIpc) is 3.27. The number of ether oxygens (including phenoxy) is 1. The van der Waals surface area contributed by atoms with E-state index in [1.165, 1.54) is 39.7 Å². The first-order chi connectivity index (χ1) is 16.6. The number of hydrogen-bond acceptors (Lipinski definition) is 4. The molecular formula is C26H21FN4O3. The Morgan fingerprint density at radius 3 is 2.32 bits per heavy atom. The Bertz CT molecular complexity index is 1590. The van der Waals surface area contributed by atoms with Crippen LogP contribution in [0.5, 0.6) is 5.75 Å². The zero-order chi connectivity index (χ0) is 23.7. The van der Waals surface area contributed by atoms with Crippen LogP contribution in [-0.4, -0.2) is 25.8 Å². The summed E-state index contributed by atoms with van der Waals surface area (Å²) in [5.74, 6) is 0.258.